The first-order valence-corrected chi connectivity index (χ1v) is 7.29. The highest BCUT2D eigenvalue weighted by molar-refractivity contribution is 7.13. The average molecular weight is 295 g/mol. The molecule has 7 nitrogen and oxygen atoms in total. The SMILES string of the molecule is CC(CCCO)NC(=O)Cn1nnc(-c2cccs2)n1. The molecular formula is C12H17N5O2S. The predicted octanol–water partition coefficient (Wildman–Crippen LogP) is 0.679. The van der Waals surface area contributed by atoms with E-state index >= 15 is 0 Å². The van der Waals surface area contributed by atoms with Gasteiger partial charge in [0.25, 0.3) is 0 Å². The third-order valence-corrected chi connectivity index (χ3v) is 3.55. The van der Waals surface area contributed by atoms with Gasteiger partial charge in [-0.05, 0) is 36.4 Å². The van der Waals surface area contributed by atoms with E-state index in [4.69, 9.17) is 5.11 Å². The van der Waals surface area contributed by atoms with Gasteiger partial charge in [0.05, 0.1) is 4.88 Å². The van der Waals surface area contributed by atoms with Gasteiger partial charge >= 0.3 is 0 Å². The Morgan fingerprint density at radius 2 is 2.45 bits per heavy atom. The summed E-state index contributed by atoms with van der Waals surface area (Å²) in [6.45, 7) is 2.08. The minimum Gasteiger partial charge on any atom is -0.396 e. The molecule has 1 unspecified atom stereocenters. The first kappa shape index (κ1) is 14.6. The molecule has 0 spiro atoms. The van der Waals surface area contributed by atoms with Crippen molar-refractivity contribution in [3.05, 3.63) is 17.5 Å². The van der Waals surface area contributed by atoms with Crippen LogP contribution in [0.3, 0.4) is 0 Å². The number of hydrogen-bond donors (Lipinski definition) is 2. The second-order valence-corrected chi connectivity index (χ2v) is 5.40. The van der Waals surface area contributed by atoms with Crippen molar-refractivity contribution in [2.45, 2.75) is 32.4 Å². The Morgan fingerprint density at radius 3 is 3.15 bits per heavy atom. The van der Waals surface area contributed by atoms with Crippen LogP contribution in [0.2, 0.25) is 0 Å². The van der Waals surface area contributed by atoms with Gasteiger partial charge in [0.2, 0.25) is 11.7 Å². The van der Waals surface area contributed by atoms with Crippen LogP contribution in [0.25, 0.3) is 10.7 Å². The second kappa shape index (κ2) is 7.11. The number of hydrogen-bond acceptors (Lipinski definition) is 6. The van der Waals surface area contributed by atoms with Crippen molar-refractivity contribution >= 4 is 17.2 Å². The summed E-state index contributed by atoms with van der Waals surface area (Å²) < 4.78 is 0. The first-order valence-electron chi connectivity index (χ1n) is 6.41. The van der Waals surface area contributed by atoms with Gasteiger partial charge in [0.1, 0.15) is 6.54 Å². The number of amides is 1. The summed E-state index contributed by atoms with van der Waals surface area (Å²) in [6, 6.07) is 3.84. The molecule has 2 heterocycles. The molecule has 0 fully saturated rings. The fourth-order valence-electron chi connectivity index (χ4n) is 1.73. The summed E-state index contributed by atoms with van der Waals surface area (Å²) >= 11 is 1.53. The standard InChI is InChI=1S/C12H17N5O2S/c1-9(4-2-6-18)13-11(19)8-17-15-12(14-16-17)10-5-3-7-20-10/h3,5,7,9,18H,2,4,6,8H2,1H3,(H,13,19). The fraction of sp³-hybridized carbons (Fsp3) is 0.500. The first-order chi connectivity index (χ1) is 9.69. The van der Waals surface area contributed by atoms with E-state index in [0.29, 0.717) is 12.2 Å². The Balaban J connectivity index is 1.86. The normalized spacial score (nSPS) is 12.3. The molecule has 1 amide bonds. The third-order valence-electron chi connectivity index (χ3n) is 2.68. The second-order valence-electron chi connectivity index (χ2n) is 4.46. The van der Waals surface area contributed by atoms with E-state index in [-0.39, 0.29) is 25.1 Å². The molecule has 0 saturated carbocycles. The van der Waals surface area contributed by atoms with Crippen LogP contribution in [0, 0.1) is 0 Å². The molecule has 0 bridgehead atoms. The van der Waals surface area contributed by atoms with E-state index in [1.165, 1.54) is 16.1 Å². The van der Waals surface area contributed by atoms with Crippen LogP contribution in [0.4, 0.5) is 0 Å². The molecule has 2 N–H and O–H groups in total. The van der Waals surface area contributed by atoms with E-state index < -0.39 is 0 Å². The topological polar surface area (TPSA) is 92.9 Å². The highest BCUT2D eigenvalue weighted by Crippen LogP contribution is 2.19. The van der Waals surface area contributed by atoms with Crippen molar-refractivity contribution in [1.29, 1.82) is 0 Å². The number of nitrogens with zero attached hydrogens (tertiary/aromatic N) is 4. The van der Waals surface area contributed by atoms with E-state index in [1.807, 2.05) is 24.4 Å². The highest BCUT2D eigenvalue weighted by atomic mass is 32.1. The maximum absolute atomic E-state index is 11.8. The predicted molar refractivity (Wildman–Crippen MR) is 75.1 cm³/mol. The highest BCUT2D eigenvalue weighted by Gasteiger charge is 2.11. The van der Waals surface area contributed by atoms with Crippen LogP contribution < -0.4 is 5.32 Å². The lowest BCUT2D eigenvalue weighted by Gasteiger charge is -2.12. The Kier molecular flexibility index (Phi) is 5.19. The van der Waals surface area contributed by atoms with Crippen LogP contribution in [0.5, 0.6) is 0 Å². The number of carbonyl (C=O) groups excluding carboxylic acids is 1. The molecule has 108 valence electrons. The molecule has 2 aromatic heterocycles. The maximum atomic E-state index is 11.8. The lowest BCUT2D eigenvalue weighted by molar-refractivity contribution is -0.122. The van der Waals surface area contributed by atoms with Gasteiger partial charge in [-0.2, -0.15) is 4.80 Å². The maximum Gasteiger partial charge on any atom is 0.243 e. The lowest BCUT2D eigenvalue weighted by atomic mass is 10.2. The number of aromatic nitrogens is 4. The van der Waals surface area contributed by atoms with Gasteiger partial charge in [-0.1, -0.05) is 6.07 Å². The van der Waals surface area contributed by atoms with E-state index in [0.717, 1.165) is 11.3 Å². The molecule has 2 rings (SSSR count). The van der Waals surface area contributed by atoms with Crippen molar-refractivity contribution in [3.63, 3.8) is 0 Å². The van der Waals surface area contributed by atoms with E-state index in [1.54, 1.807) is 0 Å². The zero-order valence-corrected chi connectivity index (χ0v) is 12.0. The summed E-state index contributed by atoms with van der Waals surface area (Å²) in [5, 5.41) is 25.4. The minimum atomic E-state index is -0.162. The molecule has 0 saturated heterocycles. The number of tetrazole rings is 1. The molecular weight excluding hydrogens is 278 g/mol. The summed E-state index contributed by atoms with van der Waals surface area (Å²) in [7, 11) is 0. The van der Waals surface area contributed by atoms with Crippen LogP contribution >= 0.6 is 11.3 Å². The van der Waals surface area contributed by atoms with Gasteiger partial charge in [-0.25, -0.2) is 0 Å². The van der Waals surface area contributed by atoms with Crippen molar-refractivity contribution in [2.24, 2.45) is 0 Å². The zero-order chi connectivity index (χ0) is 14.4. The number of aliphatic hydroxyl groups is 1. The summed E-state index contributed by atoms with van der Waals surface area (Å²) in [5.74, 6) is 0.367. The molecule has 1 atom stereocenters. The Bertz CT molecular complexity index is 540. The minimum absolute atomic E-state index is 0.0231. The van der Waals surface area contributed by atoms with Crippen molar-refractivity contribution < 1.29 is 9.90 Å². The molecule has 20 heavy (non-hydrogen) atoms. The molecule has 0 aliphatic heterocycles. The quantitative estimate of drug-likeness (QED) is 0.783. The van der Waals surface area contributed by atoms with Crippen LogP contribution in [-0.2, 0) is 11.3 Å². The summed E-state index contributed by atoms with van der Waals surface area (Å²) in [6.07, 6.45) is 1.42. The number of rotatable bonds is 7. The zero-order valence-electron chi connectivity index (χ0n) is 11.2. The van der Waals surface area contributed by atoms with Crippen LogP contribution in [-0.4, -0.2) is 43.9 Å². The lowest BCUT2D eigenvalue weighted by Crippen LogP contribution is -2.35. The van der Waals surface area contributed by atoms with Gasteiger partial charge in [0, 0.05) is 12.6 Å². The molecule has 0 aliphatic carbocycles. The summed E-state index contributed by atoms with van der Waals surface area (Å²) in [5.41, 5.74) is 0. The number of aliphatic hydroxyl groups excluding tert-OH is 1. The smallest absolute Gasteiger partial charge is 0.243 e. The molecule has 0 aromatic carbocycles. The monoisotopic (exact) mass is 295 g/mol. The van der Waals surface area contributed by atoms with E-state index in [9.17, 15) is 4.79 Å². The van der Waals surface area contributed by atoms with Gasteiger partial charge in [-0.15, -0.1) is 21.5 Å². The Morgan fingerprint density at radius 1 is 1.60 bits per heavy atom. The third kappa shape index (κ3) is 4.10. The van der Waals surface area contributed by atoms with Crippen molar-refractivity contribution in [1.82, 2.24) is 25.5 Å². The molecule has 0 radical (unpaired) electrons. The van der Waals surface area contributed by atoms with Gasteiger partial charge < -0.3 is 10.4 Å². The van der Waals surface area contributed by atoms with Gasteiger partial charge in [-0.3, -0.25) is 4.79 Å². The van der Waals surface area contributed by atoms with Gasteiger partial charge in [0.15, 0.2) is 0 Å². The molecule has 0 aliphatic rings. The van der Waals surface area contributed by atoms with Crippen LogP contribution in [0.15, 0.2) is 17.5 Å². The fourth-order valence-corrected chi connectivity index (χ4v) is 2.38. The Hall–Kier alpha value is -1.80. The largest absolute Gasteiger partial charge is 0.396 e. The molecule has 2 aromatic rings. The van der Waals surface area contributed by atoms with Crippen molar-refractivity contribution in [3.8, 4) is 10.7 Å². The van der Waals surface area contributed by atoms with Crippen molar-refractivity contribution in [2.75, 3.05) is 6.61 Å². The Labute approximate surface area is 120 Å². The summed E-state index contributed by atoms with van der Waals surface area (Å²) in [4.78, 5) is 14.0. The number of thiophene rings is 1. The average Bonchev–Trinajstić information content (AvgIpc) is 3.06. The van der Waals surface area contributed by atoms with E-state index in [2.05, 4.69) is 20.7 Å². The molecule has 8 heteroatoms. The number of carbonyl (C=O) groups is 1. The van der Waals surface area contributed by atoms with Crippen LogP contribution in [0.1, 0.15) is 19.8 Å². The number of nitrogens with one attached hydrogen (secondary N) is 1.